The van der Waals surface area contributed by atoms with E-state index in [1.807, 2.05) is 61.0 Å². The van der Waals surface area contributed by atoms with Crippen LogP contribution in [0.2, 0.25) is 0 Å². The second-order valence-electron chi connectivity index (χ2n) is 5.81. The van der Waals surface area contributed by atoms with Gasteiger partial charge in [-0.05, 0) is 30.7 Å². The average Bonchev–Trinajstić information content (AvgIpc) is 2.68. The summed E-state index contributed by atoms with van der Waals surface area (Å²) in [5, 5.41) is 0. The minimum absolute atomic E-state index is 0.494. The maximum Gasteiger partial charge on any atom is 0.128 e. The number of hydrogen-bond donors (Lipinski definition) is 0. The first kappa shape index (κ1) is 18.1. The number of benzene rings is 2. The normalized spacial score (nSPS) is 16.3. The van der Waals surface area contributed by atoms with Gasteiger partial charge in [-0.3, -0.25) is 9.98 Å². The van der Waals surface area contributed by atoms with Crippen molar-refractivity contribution < 1.29 is 14.2 Å². The van der Waals surface area contributed by atoms with Crippen LogP contribution in [0.25, 0.3) is 0 Å². The predicted octanol–water partition coefficient (Wildman–Crippen LogP) is 3.40. The van der Waals surface area contributed by atoms with Crippen molar-refractivity contribution in [3.63, 3.8) is 0 Å². The smallest absolute Gasteiger partial charge is 0.128 e. The summed E-state index contributed by atoms with van der Waals surface area (Å²) >= 11 is 0. The molecule has 136 valence electrons. The lowest BCUT2D eigenvalue weighted by molar-refractivity contribution is 0.0764. The Morgan fingerprint density at radius 1 is 0.615 bits per heavy atom. The largest absolute Gasteiger partial charge is 0.491 e. The van der Waals surface area contributed by atoms with Crippen LogP contribution in [0.15, 0.2) is 58.5 Å². The fraction of sp³-hybridized carbons (Fsp3) is 0.333. The summed E-state index contributed by atoms with van der Waals surface area (Å²) in [6.45, 7) is 3.47. The molecule has 0 atom stereocenters. The molecule has 2 aromatic rings. The van der Waals surface area contributed by atoms with E-state index in [4.69, 9.17) is 14.2 Å². The standard InChI is InChI=1S/C21H24N2O3/c1-3-8-20-18(6-1)16-22-10-5-11-23-17-19-7-2-4-9-21(19)26-15-13-24-12-14-25-20/h1-4,6-9,16-17H,5,10-15H2. The molecule has 0 aliphatic carbocycles. The van der Waals surface area contributed by atoms with Gasteiger partial charge in [0, 0.05) is 36.6 Å². The topological polar surface area (TPSA) is 52.4 Å². The van der Waals surface area contributed by atoms with Crippen LogP contribution in [0.5, 0.6) is 11.5 Å². The van der Waals surface area contributed by atoms with E-state index < -0.39 is 0 Å². The summed E-state index contributed by atoms with van der Waals surface area (Å²) in [5.41, 5.74) is 1.96. The highest BCUT2D eigenvalue weighted by molar-refractivity contribution is 5.84. The van der Waals surface area contributed by atoms with E-state index in [2.05, 4.69) is 9.98 Å². The zero-order chi connectivity index (χ0) is 17.9. The first-order valence-corrected chi connectivity index (χ1v) is 8.94. The zero-order valence-electron chi connectivity index (χ0n) is 14.8. The highest BCUT2D eigenvalue weighted by Crippen LogP contribution is 2.17. The Morgan fingerprint density at radius 2 is 1.12 bits per heavy atom. The lowest BCUT2D eigenvalue weighted by Gasteiger charge is -2.11. The maximum absolute atomic E-state index is 5.81. The molecule has 0 aromatic heterocycles. The fourth-order valence-corrected chi connectivity index (χ4v) is 2.54. The van der Waals surface area contributed by atoms with Crippen molar-refractivity contribution in [1.29, 1.82) is 0 Å². The van der Waals surface area contributed by atoms with E-state index in [0.29, 0.717) is 26.4 Å². The third kappa shape index (κ3) is 5.70. The first-order valence-electron chi connectivity index (χ1n) is 8.94. The molecule has 26 heavy (non-hydrogen) atoms. The Kier molecular flexibility index (Phi) is 7.23. The first-order chi connectivity index (χ1) is 12.9. The van der Waals surface area contributed by atoms with Gasteiger partial charge in [0.2, 0.25) is 0 Å². The summed E-state index contributed by atoms with van der Waals surface area (Å²) in [7, 11) is 0. The van der Waals surface area contributed by atoms with Crippen molar-refractivity contribution in [2.24, 2.45) is 9.98 Å². The fourth-order valence-electron chi connectivity index (χ4n) is 2.54. The SMILES string of the molecule is C1=NCCCN=Cc2ccccc2OCCOCCOc2ccccc21. The Hall–Kier alpha value is -2.66. The minimum atomic E-state index is 0.494. The molecule has 1 aliphatic heterocycles. The molecule has 3 rings (SSSR count). The van der Waals surface area contributed by atoms with E-state index in [1.165, 1.54) is 0 Å². The molecule has 0 spiro atoms. The van der Waals surface area contributed by atoms with Crippen molar-refractivity contribution in [3.8, 4) is 11.5 Å². The summed E-state index contributed by atoms with van der Waals surface area (Å²) in [6, 6.07) is 15.8. The third-order valence-electron chi connectivity index (χ3n) is 3.84. The molecule has 5 heteroatoms. The summed E-state index contributed by atoms with van der Waals surface area (Å²) in [4.78, 5) is 8.97. The van der Waals surface area contributed by atoms with E-state index in [9.17, 15) is 0 Å². The van der Waals surface area contributed by atoms with Crippen LogP contribution in [0, 0.1) is 0 Å². The van der Waals surface area contributed by atoms with E-state index in [0.717, 1.165) is 42.1 Å². The van der Waals surface area contributed by atoms with Gasteiger partial charge in [-0.25, -0.2) is 0 Å². The molecule has 2 aromatic carbocycles. The molecule has 0 radical (unpaired) electrons. The van der Waals surface area contributed by atoms with Crippen LogP contribution >= 0.6 is 0 Å². The molecule has 0 amide bonds. The molecule has 1 heterocycles. The second kappa shape index (κ2) is 10.4. The number of fused-ring (bicyclic) bond motifs is 2. The Labute approximate surface area is 154 Å². The molecule has 0 unspecified atom stereocenters. The van der Waals surface area contributed by atoms with Crippen LogP contribution in [-0.2, 0) is 4.74 Å². The molecular formula is C21H24N2O3. The van der Waals surface area contributed by atoms with Crippen molar-refractivity contribution in [1.82, 2.24) is 0 Å². The molecule has 0 bridgehead atoms. The number of nitrogens with zero attached hydrogens (tertiary/aromatic N) is 2. The van der Waals surface area contributed by atoms with Gasteiger partial charge >= 0.3 is 0 Å². The van der Waals surface area contributed by atoms with Crippen molar-refractivity contribution in [2.75, 3.05) is 39.5 Å². The summed E-state index contributed by atoms with van der Waals surface area (Å²) in [6.07, 6.45) is 4.63. The van der Waals surface area contributed by atoms with Gasteiger partial charge in [-0.2, -0.15) is 0 Å². The molecule has 5 nitrogen and oxygen atoms in total. The molecule has 0 N–H and O–H groups in total. The van der Waals surface area contributed by atoms with Gasteiger partial charge in [0.25, 0.3) is 0 Å². The van der Waals surface area contributed by atoms with Crippen molar-refractivity contribution in [3.05, 3.63) is 59.7 Å². The number of rotatable bonds is 0. The molecular weight excluding hydrogens is 328 g/mol. The monoisotopic (exact) mass is 352 g/mol. The molecule has 0 saturated heterocycles. The van der Waals surface area contributed by atoms with E-state index in [1.54, 1.807) is 0 Å². The number of ether oxygens (including phenoxy) is 3. The zero-order valence-corrected chi connectivity index (χ0v) is 14.8. The number of aliphatic imine (C=N–C) groups is 2. The molecule has 0 saturated carbocycles. The summed E-state index contributed by atoms with van der Waals surface area (Å²) < 4.78 is 17.2. The number of hydrogen-bond acceptors (Lipinski definition) is 5. The van der Waals surface area contributed by atoms with Gasteiger partial charge < -0.3 is 14.2 Å². The van der Waals surface area contributed by atoms with Crippen LogP contribution in [0.4, 0.5) is 0 Å². The molecule has 1 aliphatic rings. The van der Waals surface area contributed by atoms with Crippen LogP contribution in [0.1, 0.15) is 17.5 Å². The van der Waals surface area contributed by atoms with Crippen molar-refractivity contribution >= 4 is 12.4 Å². The van der Waals surface area contributed by atoms with Gasteiger partial charge in [0.15, 0.2) is 0 Å². The highest BCUT2D eigenvalue weighted by Gasteiger charge is 2.02. The van der Waals surface area contributed by atoms with Crippen molar-refractivity contribution in [2.45, 2.75) is 6.42 Å². The predicted molar refractivity (Wildman–Crippen MR) is 104 cm³/mol. The highest BCUT2D eigenvalue weighted by atomic mass is 16.5. The minimum Gasteiger partial charge on any atom is -0.491 e. The third-order valence-corrected chi connectivity index (χ3v) is 3.84. The van der Waals surface area contributed by atoms with Gasteiger partial charge in [-0.15, -0.1) is 0 Å². The van der Waals surface area contributed by atoms with Gasteiger partial charge in [-0.1, -0.05) is 24.3 Å². The van der Waals surface area contributed by atoms with E-state index >= 15 is 0 Å². The molecule has 0 fully saturated rings. The summed E-state index contributed by atoms with van der Waals surface area (Å²) in [5.74, 6) is 1.65. The lowest BCUT2D eigenvalue weighted by Crippen LogP contribution is -2.13. The lowest BCUT2D eigenvalue weighted by atomic mass is 10.2. The number of para-hydroxylation sites is 2. The Morgan fingerprint density at radius 3 is 1.65 bits per heavy atom. The second-order valence-corrected chi connectivity index (χ2v) is 5.81. The van der Waals surface area contributed by atoms with Gasteiger partial charge in [0.1, 0.15) is 24.7 Å². The Balaban J connectivity index is 1.66. The van der Waals surface area contributed by atoms with Gasteiger partial charge in [0.05, 0.1) is 13.2 Å². The Bertz CT molecular complexity index is 682. The van der Waals surface area contributed by atoms with E-state index in [-0.39, 0.29) is 0 Å². The maximum atomic E-state index is 5.81. The van der Waals surface area contributed by atoms with Crippen LogP contribution in [-0.4, -0.2) is 51.9 Å². The van der Waals surface area contributed by atoms with Crippen LogP contribution in [0.3, 0.4) is 0 Å². The quantitative estimate of drug-likeness (QED) is 0.730. The van der Waals surface area contributed by atoms with Crippen LogP contribution < -0.4 is 9.47 Å². The average molecular weight is 352 g/mol.